The van der Waals surface area contributed by atoms with Gasteiger partial charge in [-0.3, -0.25) is 0 Å². The van der Waals surface area contributed by atoms with E-state index in [2.05, 4.69) is 18.8 Å². The Bertz CT molecular complexity index is 12.0. The first-order valence-electron chi connectivity index (χ1n) is 0.239. The average Bonchev–Trinajstić information content (AvgIpc) is 1.50. The zero-order valence-corrected chi connectivity index (χ0v) is 9.75. The van der Waals surface area contributed by atoms with Gasteiger partial charge in [-0.2, -0.15) is 0 Å². The van der Waals surface area contributed by atoms with Crippen LogP contribution in [-0.2, 0) is 37.5 Å². The predicted molar refractivity (Wildman–Crippen MR) is 32.8 cm³/mol. The molecule has 8 heavy (non-hydrogen) atoms. The summed E-state index contributed by atoms with van der Waals surface area (Å²) in [6, 6.07) is 0. The van der Waals surface area contributed by atoms with Crippen LogP contribution in [0, 0.1) is 0 Å². The van der Waals surface area contributed by atoms with Crippen molar-refractivity contribution < 1.29 is 37.5 Å². The molecule has 0 spiro atoms. The first kappa shape index (κ1) is 52.6. The summed E-state index contributed by atoms with van der Waals surface area (Å²) in [4.78, 5) is 0. The molecule has 0 rings (SSSR count). The molecular weight excluding hydrogens is 517 g/mol. The van der Waals surface area contributed by atoms with Crippen LogP contribution in [0.4, 0.5) is 0 Å². The zero-order valence-electron chi connectivity index (χ0n) is 3.70. The normalized spacial score (nSPS) is 1.75. The fraction of sp³-hybridized carbons (Fsp3) is 0. The van der Waals surface area contributed by atoms with E-state index in [0.717, 1.165) is 0 Å². The Morgan fingerprint density at radius 3 is 0.500 bits per heavy atom. The van der Waals surface area contributed by atoms with Gasteiger partial charge >= 0.3 is 56.4 Å². The van der Waals surface area contributed by atoms with E-state index in [-0.39, 0.29) is 24.6 Å². The molecule has 0 radical (unpaired) electrons. The minimum atomic E-state index is 0. The summed E-state index contributed by atoms with van der Waals surface area (Å²) in [5.41, 5.74) is 0. The maximum atomic E-state index is 4.61. The molecule has 0 aliphatic carbocycles. The van der Waals surface area contributed by atoms with Crippen LogP contribution in [0.25, 0.3) is 24.6 Å². The molecular formula is H8Cl2N4Pt2-4. The van der Waals surface area contributed by atoms with Crippen LogP contribution in [0.2, 0.25) is 0 Å². The molecule has 0 unspecified atom stereocenters. The molecule has 0 atom stereocenters. The minimum absolute atomic E-state index is 0. The zero-order chi connectivity index (χ0) is 4.00. The molecule has 0 aromatic rings. The van der Waals surface area contributed by atoms with Gasteiger partial charge in [-0.15, -0.1) is 0 Å². The van der Waals surface area contributed by atoms with Gasteiger partial charge in [0.1, 0.15) is 0 Å². The smallest absolute Gasteiger partial charge is 0.693 e. The van der Waals surface area contributed by atoms with E-state index in [4.69, 9.17) is 0 Å². The summed E-state index contributed by atoms with van der Waals surface area (Å²) < 4.78 is 0. The van der Waals surface area contributed by atoms with E-state index in [9.17, 15) is 0 Å². The number of rotatable bonds is 0. The van der Waals surface area contributed by atoms with Gasteiger partial charge in [-0.25, -0.2) is 0 Å². The van der Waals surface area contributed by atoms with E-state index in [1.165, 1.54) is 0 Å². The van der Waals surface area contributed by atoms with Crippen LogP contribution in [0.3, 0.4) is 0 Å². The quantitative estimate of drug-likeness (QED) is 0.448. The molecule has 0 aliphatic heterocycles. The van der Waals surface area contributed by atoms with Crippen molar-refractivity contribution in [2.24, 2.45) is 0 Å². The molecule has 8 N–H and O–H groups in total. The van der Waals surface area contributed by atoms with E-state index >= 15 is 0 Å². The first-order chi connectivity index (χ1) is 2.00. The summed E-state index contributed by atoms with van der Waals surface area (Å²) in [5, 5.41) is 0. The Balaban J connectivity index is -0.00000000167. The van der Waals surface area contributed by atoms with Crippen molar-refractivity contribution in [3.05, 3.63) is 24.6 Å². The third-order valence-electron chi connectivity index (χ3n) is 0. The van der Waals surface area contributed by atoms with Crippen LogP contribution in [-0.4, -0.2) is 0 Å². The molecule has 0 aromatic carbocycles. The number of hydrogen-bond donors (Lipinski definition) is 0. The van der Waals surface area contributed by atoms with Crippen molar-refractivity contribution >= 4 is 18.8 Å². The molecule has 0 aliphatic rings. The summed E-state index contributed by atoms with van der Waals surface area (Å²) in [6.07, 6.45) is 0. The monoisotopic (exact) mass is 524 g/mol. The number of hydrogen-bond acceptors (Lipinski definition) is 0. The fourth-order valence-corrected chi connectivity index (χ4v) is 0. The summed E-state index contributed by atoms with van der Waals surface area (Å²) in [6.45, 7) is 0. The maximum Gasteiger partial charge on any atom is -0.693 e. The van der Waals surface area contributed by atoms with Gasteiger partial charge in [0.05, 0.1) is 0 Å². The van der Waals surface area contributed by atoms with E-state index < -0.39 is 0 Å². The Hall–Kier alpha value is 1.80. The molecule has 0 amide bonds. The van der Waals surface area contributed by atoms with Crippen LogP contribution in [0.5, 0.6) is 0 Å². The van der Waals surface area contributed by atoms with Crippen LogP contribution in [0.15, 0.2) is 0 Å². The molecule has 0 bridgehead atoms. The maximum absolute atomic E-state index is 4.61. The molecule has 0 saturated heterocycles. The molecule has 4 nitrogen and oxygen atoms in total. The number of halogens is 2. The van der Waals surface area contributed by atoms with Crippen molar-refractivity contribution in [3.8, 4) is 0 Å². The fourth-order valence-electron chi connectivity index (χ4n) is 0. The summed E-state index contributed by atoms with van der Waals surface area (Å²) in [5.74, 6) is 0. The van der Waals surface area contributed by atoms with E-state index in [1.54, 1.807) is 37.5 Å². The van der Waals surface area contributed by atoms with E-state index in [1.807, 2.05) is 0 Å². The van der Waals surface area contributed by atoms with Crippen molar-refractivity contribution in [2.75, 3.05) is 0 Å². The topological polar surface area (TPSA) is 134 Å². The number of nitrogens with two attached hydrogens (primary N) is 4. The Morgan fingerprint density at radius 1 is 0.500 bits per heavy atom. The molecule has 0 aromatic heterocycles. The van der Waals surface area contributed by atoms with Crippen LogP contribution >= 0.6 is 18.8 Å². The molecule has 8 heteroatoms. The van der Waals surface area contributed by atoms with Gasteiger partial charge in [-0.05, 0) is 0 Å². The van der Waals surface area contributed by atoms with Gasteiger partial charge < -0.3 is 24.6 Å². The Labute approximate surface area is 80.4 Å². The van der Waals surface area contributed by atoms with Crippen molar-refractivity contribution in [1.82, 2.24) is 0 Å². The van der Waals surface area contributed by atoms with Gasteiger partial charge in [-0.1, -0.05) is 0 Å². The van der Waals surface area contributed by atoms with Crippen molar-refractivity contribution in [2.45, 2.75) is 0 Å². The second kappa shape index (κ2) is 166. The first-order valence-corrected chi connectivity index (χ1v) is 5.87. The van der Waals surface area contributed by atoms with Gasteiger partial charge in [0.25, 0.3) is 0 Å². The Morgan fingerprint density at radius 2 is 0.500 bits per heavy atom. The van der Waals surface area contributed by atoms with E-state index in [0.29, 0.717) is 0 Å². The third kappa shape index (κ3) is 112. The Kier molecular flexibility index (Phi) is 1090. The average molecular weight is 525 g/mol. The summed E-state index contributed by atoms with van der Waals surface area (Å²) in [7, 11) is 9.22. The molecule has 66 valence electrons. The third-order valence-corrected chi connectivity index (χ3v) is 0. The second-order valence-corrected chi connectivity index (χ2v) is 0. The van der Waals surface area contributed by atoms with Crippen LogP contribution in [0.1, 0.15) is 0 Å². The van der Waals surface area contributed by atoms with Crippen molar-refractivity contribution in [3.63, 3.8) is 0 Å². The predicted octanol–water partition coefficient (Wildman–Crippen LogP) is 4.24. The van der Waals surface area contributed by atoms with Crippen LogP contribution < -0.4 is 0 Å². The summed E-state index contributed by atoms with van der Waals surface area (Å²) >= 11 is 3.22. The molecule has 0 heterocycles. The second-order valence-electron chi connectivity index (χ2n) is 0. The van der Waals surface area contributed by atoms with Gasteiger partial charge in [0.15, 0.2) is 0 Å². The minimum Gasteiger partial charge on any atom is -0.693 e. The van der Waals surface area contributed by atoms with Gasteiger partial charge in [0, 0.05) is 0 Å². The van der Waals surface area contributed by atoms with Crippen molar-refractivity contribution in [1.29, 1.82) is 0 Å². The molecule has 0 fully saturated rings. The standard InChI is InChI=1S/2ClH.4H2N.2Pt/h2*1H;4*1H2;;/q;;4*-1;2*+1/p-2. The molecule has 0 saturated carbocycles. The SMILES string of the molecule is [Cl][Pt].[Cl][Pt].[NH2-].[NH2-].[NH2-].[NH2-]. The van der Waals surface area contributed by atoms with Gasteiger partial charge in [0.2, 0.25) is 0 Å². The largest absolute Gasteiger partial charge is 0.693 e.